The zero-order valence-electron chi connectivity index (χ0n) is 12.2. The number of fused-ring (bicyclic) bond motifs is 1. The highest BCUT2D eigenvalue weighted by atomic mass is 16.4. The molecule has 0 fully saturated rings. The quantitative estimate of drug-likeness (QED) is 0.932. The minimum absolute atomic E-state index is 0.0589. The molecule has 0 radical (unpaired) electrons. The van der Waals surface area contributed by atoms with Gasteiger partial charge in [0.1, 0.15) is 0 Å². The van der Waals surface area contributed by atoms with Crippen LogP contribution in [0.25, 0.3) is 0 Å². The molecule has 1 atom stereocenters. The van der Waals surface area contributed by atoms with Gasteiger partial charge in [-0.2, -0.15) is 0 Å². The smallest absolute Gasteiger partial charge is 0.331 e. The van der Waals surface area contributed by atoms with Crippen LogP contribution in [0.3, 0.4) is 0 Å². The lowest BCUT2D eigenvalue weighted by Gasteiger charge is -2.27. The van der Waals surface area contributed by atoms with Gasteiger partial charge in [-0.1, -0.05) is 24.3 Å². The van der Waals surface area contributed by atoms with E-state index in [0.29, 0.717) is 5.82 Å². The van der Waals surface area contributed by atoms with Crippen LogP contribution >= 0.6 is 0 Å². The first-order valence-electron chi connectivity index (χ1n) is 7.12. The Hall–Kier alpha value is -2.24. The van der Waals surface area contributed by atoms with Gasteiger partial charge in [-0.3, -0.25) is 0 Å². The minimum atomic E-state index is -1.16. The number of carboxylic acid groups (broad SMARTS) is 1. The van der Waals surface area contributed by atoms with E-state index >= 15 is 0 Å². The molecule has 0 amide bonds. The highest BCUT2D eigenvalue weighted by molar-refractivity contribution is 5.75. The molecule has 0 saturated heterocycles. The number of nitrogens with zero attached hydrogens (tertiary/aromatic N) is 4. The minimum Gasteiger partial charge on any atom is -0.479 e. The van der Waals surface area contributed by atoms with Crippen LogP contribution in [0.15, 0.2) is 24.3 Å². The monoisotopic (exact) mass is 286 g/mol. The first-order valence-corrected chi connectivity index (χ1v) is 7.12. The van der Waals surface area contributed by atoms with Crippen LogP contribution in [-0.4, -0.2) is 31.3 Å². The van der Waals surface area contributed by atoms with Gasteiger partial charge in [0.25, 0.3) is 0 Å². The Morgan fingerprint density at radius 1 is 1.38 bits per heavy atom. The topological polar surface area (TPSA) is 80.9 Å². The fourth-order valence-electron chi connectivity index (χ4n) is 2.92. The van der Waals surface area contributed by atoms with Gasteiger partial charge in [0.2, 0.25) is 0 Å². The standard InChI is InChI=1S/C15H18N4O2/c1-15(2,14(20)21)19-13(16-17-18-19)12-9-5-7-10-6-3-4-8-11(10)12/h3-4,6,8,12H,5,7,9H2,1-2H3,(H,20,21). The molecule has 2 aromatic rings. The molecule has 110 valence electrons. The van der Waals surface area contributed by atoms with Crippen LogP contribution in [0.2, 0.25) is 0 Å². The zero-order chi connectivity index (χ0) is 15.0. The van der Waals surface area contributed by atoms with Gasteiger partial charge in [0.05, 0.1) is 0 Å². The van der Waals surface area contributed by atoms with E-state index in [-0.39, 0.29) is 5.92 Å². The highest BCUT2D eigenvalue weighted by Gasteiger charge is 2.36. The molecule has 1 aromatic heterocycles. The summed E-state index contributed by atoms with van der Waals surface area (Å²) >= 11 is 0. The predicted octanol–water partition coefficient (Wildman–Crippen LogP) is 1.96. The number of aromatic nitrogens is 4. The van der Waals surface area contributed by atoms with Crippen molar-refractivity contribution >= 4 is 5.97 Å². The van der Waals surface area contributed by atoms with Gasteiger partial charge < -0.3 is 5.11 Å². The highest BCUT2D eigenvalue weighted by Crippen LogP contribution is 2.36. The van der Waals surface area contributed by atoms with Crippen LogP contribution in [0.4, 0.5) is 0 Å². The molecule has 1 heterocycles. The van der Waals surface area contributed by atoms with Crippen molar-refractivity contribution in [3.8, 4) is 0 Å². The number of rotatable bonds is 3. The van der Waals surface area contributed by atoms with Crippen molar-refractivity contribution in [1.29, 1.82) is 0 Å². The molecule has 1 N–H and O–H groups in total. The second-order valence-electron chi connectivity index (χ2n) is 5.96. The predicted molar refractivity (Wildman–Crippen MR) is 76.0 cm³/mol. The van der Waals surface area contributed by atoms with E-state index in [4.69, 9.17) is 0 Å². The van der Waals surface area contributed by atoms with E-state index in [1.807, 2.05) is 12.1 Å². The average molecular weight is 286 g/mol. The average Bonchev–Trinajstić information content (AvgIpc) is 2.96. The summed E-state index contributed by atoms with van der Waals surface area (Å²) in [4.78, 5) is 11.5. The summed E-state index contributed by atoms with van der Waals surface area (Å²) in [5.74, 6) is -0.252. The number of aryl methyl sites for hydroxylation is 1. The Balaban J connectivity index is 2.08. The molecule has 1 unspecified atom stereocenters. The molecule has 0 bridgehead atoms. The summed E-state index contributed by atoms with van der Waals surface area (Å²) in [6.45, 7) is 3.23. The van der Waals surface area contributed by atoms with Gasteiger partial charge in [-0.15, -0.1) is 5.10 Å². The van der Waals surface area contributed by atoms with Gasteiger partial charge in [0, 0.05) is 5.92 Å². The zero-order valence-corrected chi connectivity index (χ0v) is 12.2. The summed E-state index contributed by atoms with van der Waals surface area (Å²) in [6, 6.07) is 8.25. The Morgan fingerprint density at radius 3 is 2.90 bits per heavy atom. The fraction of sp³-hybridized carbons (Fsp3) is 0.467. The summed E-state index contributed by atoms with van der Waals surface area (Å²) in [7, 11) is 0. The van der Waals surface area contributed by atoms with Crippen LogP contribution in [0.5, 0.6) is 0 Å². The molecule has 0 aliphatic heterocycles. The van der Waals surface area contributed by atoms with E-state index in [9.17, 15) is 9.90 Å². The van der Waals surface area contributed by atoms with Crippen molar-refractivity contribution in [2.75, 3.05) is 0 Å². The van der Waals surface area contributed by atoms with Crippen molar-refractivity contribution in [2.24, 2.45) is 0 Å². The molecule has 1 aliphatic carbocycles. The molecular formula is C15H18N4O2. The maximum Gasteiger partial charge on any atom is 0.331 e. The van der Waals surface area contributed by atoms with Crippen molar-refractivity contribution in [1.82, 2.24) is 20.2 Å². The molecule has 0 spiro atoms. The van der Waals surface area contributed by atoms with Gasteiger partial charge in [-0.05, 0) is 54.7 Å². The molecule has 3 rings (SSSR count). The van der Waals surface area contributed by atoms with E-state index in [1.54, 1.807) is 13.8 Å². The third-order valence-corrected chi connectivity index (χ3v) is 4.23. The molecule has 21 heavy (non-hydrogen) atoms. The van der Waals surface area contributed by atoms with Crippen molar-refractivity contribution in [3.05, 3.63) is 41.2 Å². The molecular weight excluding hydrogens is 268 g/mol. The number of carbonyl (C=O) groups is 1. The summed E-state index contributed by atoms with van der Waals surface area (Å²) in [5.41, 5.74) is 1.35. The van der Waals surface area contributed by atoms with Crippen LogP contribution < -0.4 is 0 Å². The van der Waals surface area contributed by atoms with Gasteiger partial charge in [-0.25, -0.2) is 9.48 Å². The normalized spacial score (nSPS) is 18.3. The Morgan fingerprint density at radius 2 is 2.14 bits per heavy atom. The number of benzene rings is 1. The number of hydrogen-bond acceptors (Lipinski definition) is 4. The van der Waals surface area contributed by atoms with E-state index in [2.05, 4.69) is 27.7 Å². The Bertz CT molecular complexity index is 678. The summed E-state index contributed by atoms with van der Waals surface area (Å²) < 4.78 is 1.45. The van der Waals surface area contributed by atoms with Gasteiger partial charge in [0.15, 0.2) is 11.4 Å². The summed E-state index contributed by atoms with van der Waals surface area (Å²) in [6.07, 6.45) is 3.05. The summed E-state index contributed by atoms with van der Waals surface area (Å²) in [5, 5.41) is 21.2. The third-order valence-electron chi connectivity index (χ3n) is 4.23. The number of carboxylic acids is 1. The van der Waals surface area contributed by atoms with Crippen molar-refractivity contribution in [2.45, 2.75) is 44.6 Å². The van der Waals surface area contributed by atoms with E-state index in [0.717, 1.165) is 19.3 Å². The van der Waals surface area contributed by atoms with Crippen LogP contribution in [0.1, 0.15) is 49.6 Å². The van der Waals surface area contributed by atoms with Crippen LogP contribution in [-0.2, 0) is 16.8 Å². The lowest BCUT2D eigenvalue weighted by atomic mass is 9.82. The van der Waals surface area contributed by atoms with Gasteiger partial charge >= 0.3 is 5.97 Å². The van der Waals surface area contributed by atoms with Crippen molar-refractivity contribution < 1.29 is 9.90 Å². The van der Waals surface area contributed by atoms with E-state index < -0.39 is 11.5 Å². The Labute approximate surface area is 122 Å². The second kappa shape index (κ2) is 4.95. The molecule has 1 aromatic carbocycles. The Kier molecular flexibility index (Phi) is 3.23. The number of aliphatic carboxylic acids is 1. The SMILES string of the molecule is CC(C)(C(=O)O)n1nnnc1C1CCCc2ccccc21. The van der Waals surface area contributed by atoms with Crippen molar-refractivity contribution in [3.63, 3.8) is 0 Å². The molecule has 0 saturated carbocycles. The molecule has 6 nitrogen and oxygen atoms in total. The molecule has 1 aliphatic rings. The third kappa shape index (κ3) is 2.20. The largest absolute Gasteiger partial charge is 0.479 e. The maximum absolute atomic E-state index is 11.5. The fourth-order valence-corrected chi connectivity index (χ4v) is 2.92. The number of hydrogen-bond donors (Lipinski definition) is 1. The first kappa shape index (κ1) is 13.7. The lowest BCUT2D eigenvalue weighted by molar-refractivity contribution is -0.146. The first-order chi connectivity index (χ1) is 10.0. The molecule has 6 heteroatoms. The number of tetrazole rings is 1. The second-order valence-corrected chi connectivity index (χ2v) is 5.96. The van der Waals surface area contributed by atoms with E-state index in [1.165, 1.54) is 15.8 Å². The van der Waals surface area contributed by atoms with Crippen LogP contribution in [0, 0.1) is 0 Å². The maximum atomic E-state index is 11.5. The lowest BCUT2D eigenvalue weighted by Crippen LogP contribution is -2.38.